The van der Waals surface area contributed by atoms with E-state index in [1.54, 1.807) is 13.8 Å². The minimum absolute atomic E-state index is 0.0506. The summed E-state index contributed by atoms with van der Waals surface area (Å²) in [7, 11) is 1.22. The van der Waals surface area contributed by atoms with Crippen molar-refractivity contribution in [3.8, 4) is 0 Å². The van der Waals surface area contributed by atoms with Gasteiger partial charge in [0.15, 0.2) is 5.79 Å². The number of fused-ring (bicyclic) bond motifs is 1. The van der Waals surface area contributed by atoms with Crippen LogP contribution in [0, 0.1) is 5.92 Å². The summed E-state index contributed by atoms with van der Waals surface area (Å²) in [5.41, 5.74) is 0.227. The van der Waals surface area contributed by atoms with E-state index in [0.717, 1.165) is 0 Å². The fourth-order valence-corrected chi connectivity index (χ4v) is 2.43. The van der Waals surface area contributed by atoms with Crippen molar-refractivity contribution in [1.29, 1.82) is 0 Å². The molecule has 0 spiro atoms. The highest BCUT2D eigenvalue weighted by molar-refractivity contribution is 5.88. The van der Waals surface area contributed by atoms with Gasteiger partial charge in [-0.2, -0.15) is 0 Å². The van der Waals surface area contributed by atoms with E-state index in [9.17, 15) is 13.6 Å². The summed E-state index contributed by atoms with van der Waals surface area (Å²) in [6, 6.07) is 0. The first-order valence-electron chi connectivity index (χ1n) is 5.77. The maximum atomic E-state index is 13.0. The Morgan fingerprint density at radius 2 is 2.17 bits per heavy atom. The van der Waals surface area contributed by atoms with Crippen molar-refractivity contribution in [3.05, 3.63) is 11.6 Å². The van der Waals surface area contributed by atoms with Gasteiger partial charge in [-0.3, -0.25) is 0 Å². The summed E-state index contributed by atoms with van der Waals surface area (Å²) in [6.45, 7) is 3.33. The summed E-state index contributed by atoms with van der Waals surface area (Å²) >= 11 is 0. The number of alkyl halides is 2. The molecule has 0 aromatic rings. The van der Waals surface area contributed by atoms with Crippen molar-refractivity contribution in [3.63, 3.8) is 0 Å². The van der Waals surface area contributed by atoms with Gasteiger partial charge in [-0.05, 0) is 26.3 Å². The van der Waals surface area contributed by atoms with Crippen LogP contribution in [-0.4, -0.2) is 37.5 Å². The van der Waals surface area contributed by atoms with Crippen molar-refractivity contribution < 1.29 is 27.8 Å². The third-order valence-corrected chi connectivity index (χ3v) is 3.18. The molecule has 6 heteroatoms. The van der Waals surface area contributed by atoms with Gasteiger partial charge < -0.3 is 14.2 Å². The number of esters is 1. The molecule has 0 radical (unpaired) electrons. The van der Waals surface area contributed by atoms with Crippen molar-refractivity contribution in [2.24, 2.45) is 5.92 Å². The largest absolute Gasteiger partial charge is 0.466 e. The Morgan fingerprint density at radius 3 is 2.72 bits per heavy atom. The summed E-state index contributed by atoms with van der Waals surface area (Å²) in [5.74, 6) is -2.55. The second-order valence-corrected chi connectivity index (χ2v) is 4.95. The molecule has 102 valence electrons. The second kappa shape index (κ2) is 4.59. The van der Waals surface area contributed by atoms with Crippen LogP contribution in [0.2, 0.25) is 0 Å². The van der Waals surface area contributed by atoms with Gasteiger partial charge in [0.05, 0.1) is 19.1 Å². The monoisotopic (exact) mass is 262 g/mol. The van der Waals surface area contributed by atoms with E-state index in [0.29, 0.717) is 0 Å². The van der Waals surface area contributed by atoms with Gasteiger partial charge in [-0.15, -0.1) is 0 Å². The lowest BCUT2D eigenvalue weighted by molar-refractivity contribution is -0.153. The normalized spacial score (nSPS) is 34.1. The van der Waals surface area contributed by atoms with E-state index in [-0.39, 0.29) is 12.0 Å². The predicted octanol–water partition coefficient (Wildman–Crippen LogP) is 1.89. The van der Waals surface area contributed by atoms with E-state index < -0.39 is 36.3 Å². The topological polar surface area (TPSA) is 44.8 Å². The average Bonchev–Trinajstić information content (AvgIpc) is 2.59. The smallest absolute Gasteiger partial charge is 0.333 e. The zero-order valence-electron chi connectivity index (χ0n) is 10.5. The molecule has 0 bridgehead atoms. The predicted molar refractivity (Wildman–Crippen MR) is 58.0 cm³/mol. The number of carbonyl (C=O) groups is 1. The Balaban J connectivity index is 2.27. The molecule has 0 N–H and O–H groups in total. The Morgan fingerprint density at radius 1 is 1.50 bits per heavy atom. The summed E-state index contributed by atoms with van der Waals surface area (Å²) in [4.78, 5) is 11.5. The molecule has 0 saturated carbocycles. The number of carbonyl (C=O) groups excluding carboxylic acids is 1. The minimum atomic E-state index is -2.57. The molecule has 1 aliphatic carbocycles. The van der Waals surface area contributed by atoms with Crippen LogP contribution >= 0.6 is 0 Å². The standard InChI is InChI=1S/C12H16F2O4/c1-12(2)17-8-5-6(11(15)16-3)4-7(10(13)14)9(8)18-12/h5,7-10H,4H2,1-3H3/t7-,8-,9+/m1/s1. The SMILES string of the molecule is COC(=O)C1=C[C@H]2OC(C)(C)O[C@H]2[C@H](C(F)F)C1. The van der Waals surface area contributed by atoms with Crippen LogP contribution in [0.15, 0.2) is 11.6 Å². The van der Waals surface area contributed by atoms with Gasteiger partial charge in [-0.1, -0.05) is 0 Å². The molecule has 2 aliphatic rings. The second-order valence-electron chi connectivity index (χ2n) is 4.95. The third-order valence-electron chi connectivity index (χ3n) is 3.18. The molecule has 1 fully saturated rings. The number of rotatable bonds is 2. The van der Waals surface area contributed by atoms with Crippen molar-refractivity contribution in [2.75, 3.05) is 7.11 Å². The fraction of sp³-hybridized carbons (Fsp3) is 0.750. The summed E-state index contributed by atoms with van der Waals surface area (Å²) < 4.78 is 41.7. The van der Waals surface area contributed by atoms with E-state index in [2.05, 4.69) is 4.74 Å². The highest BCUT2D eigenvalue weighted by Gasteiger charge is 2.50. The lowest BCUT2D eigenvalue weighted by atomic mass is 9.85. The number of ether oxygens (including phenoxy) is 3. The molecule has 3 atom stereocenters. The van der Waals surface area contributed by atoms with Gasteiger partial charge in [-0.25, -0.2) is 13.6 Å². The van der Waals surface area contributed by atoms with Gasteiger partial charge in [0.25, 0.3) is 0 Å². The van der Waals surface area contributed by atoms with Crippen molar-refractivity contribution in [1.82, 2.24) is 0 Å². The molecular formula is C12H16F2O4. The molecule has 1 aliphatic heterocycles. The van der Waals surface area contributed by atoms with E-state index in [1.807, 2.05) is 0 Å². The Bertz CT molecular complexity index is 378. The Kier molecular flexibility index (Phi) is 3.42. The van der Waals surface area contributed by atoms with Gasteiger partial charge in [0, 0.05) is 5.57 Å². The molecule has 1 saturated heterocycles. The Hall–Kier alpha value is -1.01. The van der Waals surface area contributed by atoms with Gasteiger partial charge in [0.2, 0.25) is 6.43 Å². The van der Waals surface area contributed by atoms with Crippen LogP contribution < -0.4 is 0 Å². The molecular weight excluding hydrogens is 246 g/mol. The van der Waals surface area contributed by atoms with E-state index in [4.69, 9.17) is 9.47 Å². The maximum absolute atomic E-state index is 13.0. The minimum Gasteiger partial charge on any atom is -0.466 e. The summed E-state index contributed by atoms with van der Waals surface area (Å²) in [6.07, 6.45) is -2.42. The van der Waals surface area contributed by atoms with Crippen LogP contribution in [0.25, 0.3) is 0 Å². The lowest BCUT2D eigenvalue weighted by Gasteiger charge is -2.29. The highest BCUT2D eigenvalue weighted by Crippen LogP contribution is 2.41. The molecule has 0 unspecified atom stereocenters. The van der Waals surface area contributed by atoms with Crippen LogP contribution in [0.4, 0.5) is 8.78 Å². The van der Waals surface area contributed by atoms with E-state index >= 15 is 0 Å². The molecule has 1 heterocycles. The lowest BCUT2D eigenvalue weighted by Crippen LogP contribution is -2.39. The molecule has 18 heavy (non-hydrogen) atoms. The molecule has 0 amide bonds. The first kappa shape index (κ1) is 13.4. The number of hydrogen-bond donors (Lipinski definition) is 0. The zero-order chi connectivity index (χ0) is 13.5. The fourth-order valence-electron chi connectivity index (χ4n) is 2.43. The van der Waals surface area contributed by atoms with Crippen LogP contribution in [0.1, 0.15) is 20.3 Å². The van der Waals surface area contributed by atoms with Crippen LogP contribution in [0.3, 0.4) is 0 Å². The van der Waals surface area contributed by atoms with E-state index in [1.165, 1.54) is 13.2 Å². The average molecular weight is 262 g/mol. The maximum Gasteiger partial charge on any atom is 0.333 e. The molecule has 4 nitrogen and oxygen atoms in total. The van der Waals surface area contributed by atoms with Crippen molar-refractivity contribution >= 4 is 5.97 Å². The highest BCUT2D eigenvalue weighted by atomic mass is 19.3. The molecule has 0 aromatic heterocycles. The van der Waals surface area contributed by atoms with Gasteiger partial charge in [0.1, 0.15) is 6.10 Å². The van der Waals surface area contributed by atoms with Crippen LogP contribution in [0.5, 0.6) is 0 Å². The first-order valence-corrected chi connectivity index (χ1v) is 5.77. The first-order chi connectivity index (χ1) is 8.34. The molecule has 0 aromatic carbocycles. The third kappa shape index (κ3) is 2.40. The van der Waals surface area contributed by atoms with Crippen molar-refractivity contribution in [2.45, 2.75) is 44.7 Å². The molecule has 2 rings (SSSR count). The number of methoxy groups -OCH3 is 1. The van der Waals surface area contributed by atoms with Crippen LogP contribution in [-0.2, 0) is 19.0 Å². The number of halogens is 2. The quantitative estimate of drug-likeness (QED) is 0.713. The summed E-state index contributed by atoms with van der Waals surface area (Å²) in [5, 5.41) is 0. The van der Waals surface area contributed by atoms with Gasteiger partial charge >= 0.3 is 5.97 Å². The zero-order valence-corrected chi connectivity index (χ0v) is 10.5. The number of hydrogen-bond acceptors (Lipinski definition) is 4. The Labute approximate surface area is 104 Å².